The number of aliphatic hydroxyl groups is 1. The summed E-state index contributed by atoms with van der Waals surface area (Å²) >= 11 is 7.43. The first kappa shape index (κ1) is 16.9. The molecule has 110 valence electrons. The van der Waals surface area contributed by atoms with Gasteiger partial charge in [-0.25, -0.2) is 0 Å². The lowest BCUT2D eigenvalue weighted by Crippen LogP contribution is -2.32. The molecule has 1 aromatic rings. The van der Waals surface area contributed by atoms with E-state index in [0.717, 1.165) is 9.21 Å². The third-order valence-electron chi connectivity index (χ3n) is 2.57. The summed E-state index contributed by atoms with van der Waals surface area (Å²) in [6.45, 7) is 6.57. The van der Waals surface area contributed by atoms with Crippen LogP contribution in [0, 0.1) is 0 Å². The minimum atomic E-state index is -0.514. The molecule has 6 heteroatoms. The van der Waals surface area contributed by atoms with Crippen LogP contribution in [0.3, 0.4) is 0 Å². The second kappa shape index (κ2) is 9.69. The molecule has 0 bridgehead atoms. The fourth-order valence-electron chi connectivity index (χ4n) is 1.51. The zero-order valence-electron chi connectivity index (χ0n) is 11.4. The van der Waals surface area contributed by atoms with E-state index in [-0.39, 0.29) is 6.04 Å². The van der Waals surface area contributed by atoms with Gasteiger partial charge in [0.05, 0.1) is 30.3 Å². The van der Waals surface area contributed by atoms with Crippen molar-refractivity contribution in [1.29, 1.82) is 0 Å². The van der Waals surface area contributed by atoms with E-state index < -0.39 is 6.10 Å². The van der Waals surface area contributed by atoms with Crippen molar-refractivity contribution in [1.82, 2.24) is 5.32 Å². The maximum atomic E-state index is 9.76. The normalized spacial score (nSPS) is 14.5. The number of halogens is 1. The van der Waals surface area contributed by atoms with E-state index in [9.17, 15) is 5.11 Å². The molecule has 2 unspecified atom stereocenters. The standard InChI is InChI=1S/C13H22ClNO3S/c1-3-17-6-7-18-9-11(16)8-15-10(2)12-4-5-13(14)19-12/h4-5,10-11,15-16H,3,6-9H2,1-2H3. The molecule has 0 saturated carbocycles. The van der Waals surface area contributed by atoms with Gasteiger partial charge in [-0.2, -0.15) is 0 Å². The van der Waals surface area contributed by atoms with Crippen LogP contribution < -0.4 is 5.32 Å². The van der Waals surface area contributed by atoms with E-state index in [1.807, 2.05) is 26.0 Å². The lowest BCUT2D eigenvalue weighted by molar-refractivity contribution is 0.00588. The third-order valence-corrected chi connectivity index (χ3v) is 3.98. The van der Waals surface area contributed by atoms with Gasteiger partial charge in [0, 0.05) is 24.1 Å². The van der Waals surface area contributed by atoms with Crippen molar-refractivity contribution in [2.45, 2.75) is 26.0 Å². The topological polar surface area (TPSA) is 50.7 Å². The average molecular weight is 308 g/mol. The zero-order valence-corrected chi connectivity index (χ0v) is 13.0. The van der Waals surface area contributed by atoms with Crippen LogP contribution in [-0.2, 0) is 9.47 Å². The van der Waals surface area contributed by atoms with Crippen molar-refractivity contribution >= 4 is 22.9 Å². The van der Waals surface area contributed by atoms with Crippen molar-refractivity contribution in [2.24, 2.45) is 0 Å². The summed E-state index contributed by atoms with van der Waals surface area (Å²) in [6, 6.07) is 4.05. The summed E-state index contributed by atoms with van der Waals surface area (Å²) in [6.07, 6.45) is -0.514. The molecule has 0 aliphatic rings. The summed E-state index contributed by atoms with van der Waals surface area (Å²) in [5.74, 6) is 0. The first-order chi connectivity index (χ1) is 9.13. The number of nitrogens with one attached hydrogen (secondary N) is 1. The van der Waals surface area contributed by atoms with Crippen LogP contribution in [0.15, 0.2) is 12.1 Å². The number of hydrogen-bond donors (Lipinski definition) is 2. The molecule has 0 spiro atoms. The van der Waals surface area contributed by atoms with Gasteiger partial charge in [-0.1, -0.05) is 11.6 Å². The van der Waals surface area contributed by atoms with Gasteiger partial charge in [0.2, 0.25) is 0 Å². The Labute approximate surface area is 123 Å². The van der Waals surface area contributed by atoms with Gasteiger partial charge < -0.3 is 19.9 Å². The van der Waals surface area contributed by atoms with Crippen molar-refractivity contribution < 1.29 is 14.6 Å². The molecule has 0 radical (unpaired) electrons. The summed E-state index contributed by atoms with van der Waals surface area (Å²) < 4.78 is 11.2. The molecule has 2 N–H and O–H groups in total. The molecule has 0 aliphatic carbocycles. The van der Waals surface area contributed by atoms with Gasteiger partial charge in [0.15, 0.2) is 0 Å². The fraction of sp³-hybridized carbons (Fsp3) is 0.692. The molecule has 0 fully saturated rings. The maximum absolute atomic E-state index is 9.76. The lowest BCUT2D eigenvalue weighted by atomic mass is 10.2. The minimum Gasteiger partial charge on any atom is -0.389 e. The van der Waals surface area contributed by atoms with Crippen LogP contribution >= 0.6 is 22.9 Å². The highest BCUT2D eigenvalue weighted by atomic mass is 35.5. The SMILES string of the molecule is CCOCCOCC(O)CNC(C)c1ccc(Cl)s1. The molecule has 0 aliphatic heterocycles. The Kier molecular flexibility index (Phi) is 8.61. The maximum Gasteiger partial charge on any atom is 0.0931 e. The molecule has 0 saturated heterocycles. The molecular formula is C13H22ClNO3S. The van der Waals surface area contributed by atoms with E-state index >= 15 is 0 Å². The predicted molar refractivity (Wildman–Crippen MR) is 79.1 cm³/mol. The number of aliphatic hydroxyl groups excluding tert-OH is 1. The van der Waals surface area contributed by atoms with E-state index in [1.54, 1.807) is 11.3 Å². The van der Waals surface area contributed by atoms with Crippen LogP contribution in [0.1, 0.15) is 24.8 Å². The van der Waals surface area contributed by atoms with Crippen molar-refractivity contribution in [3.8, 4) is 0 Å². The van der Waals surface area contributed by atoms with Gasteiger partial charge in [0.25, 0.3) is 0 Å². The smallest absolute Gasteiger partial charge is 0.0931 e. The van der Waals surface area contributed by atoms with Gasteiger partial charge in [-0.05, 0) is 26.0 Å². The van der Waals surface area contributed by atoms with Gasteiger partial charge in [0.1, 0.15) is 0 Å². The van der Waals surface area contributed by atoms with Gasteiger partial charge >= 0.3 is 0 Å². The number of ether oxygens (including phenoxy) is 2. The monoisotopic (exact) mass is 307 g/mol. The summed E-state index contributed by atoms with van der Waals surface area (Å²) in [7, 11) is 0. The van der Waals surface area contributed by atoms with Gasteiger partial charge in [-0.3, -0.25) is 0 Å². The molecule has 0 amide bonds. The largest absolute Gasteiger partial charge is 0.389 e. The zero-order chi connectivity index (χ0) is 14.1. The van der Waals surface area contributed by atoms with Crippen LogP contribution in [0.2, 0.25) is 4.34 Å². The Hall–Kier alpha value is -0.170. The first-order valence-electron chi connectivity index (χ1n) is 6.45. The highest BCUT2D eigenvalue weighted by Gasteiger charge is 2.10. The Morgan fingerprint density at radius 1 is 1.37 bits per heavy atom. The quantitative estimate of drug-likeness (QED) is 0.652. The molecule has 1 heterocycles. The summed E-state index contributed by atoms with van der Waals surface area (Å²) in [5, 5.41) is 13.0. The van der Waals surface area contributed by atoms with Crippen molar-refractivity contribution in [2.75, 3.05) is 33.0 Å². The highest BCUT2D eigenvalue weighted by molar-refractivity contribution is 7.16. The molecule has 19 heavy (non-hydrogen) atoms. The Bertz CT molecular complexity index is 348. The molecule has 1 rings (SSSR count). The molecule has 0 aromatic carbocycles. The molecule has 4 nitrogen and oxygen atoms in total. The van der Waals surface area contributed by atoms with E-state index in [4.69, 9.17) is 21.1 Å². The Balaban J connectivity index is 2.10. The molecule has 2 atom stereocenters. The van der Waals surface area contributed by atoms with Crippen LogP contribution in [0.4, 0.5) is 0 Å². The van der Waals surface area contributed by atoms with Crippen LogP contribution in [0.25, 0.3) is 0 Å². The van der Waals surface area contributed by atoms with Crippen molar-refractivity contribution in [3.05, 3.63) is 21.3 Å². The first-order valence-corrected chi connectivity index (χ1v) is 7.65. The summed E-state index contributed by atoms with van der Waals surface area (Å²) in [5.41, 5.74) is 0. The van der Waals surface area contributed by atoms with E-state index in [2.05, 4.69) is 5.32 Å². The fourth-order valence-corrected chi connectivity index (χ4v) is 2.60. The van der Waals surface area contributed by atoms with Gasteiger partial charge in [-0.15, -0.1) is 11.3 Å². The van der Waals surface area contributed by atoms with Crippen LogP contribution in [0.5, 0.6) is 0 Å². The Morgan fingerprint density at radius 2 is 2.11 bits per heavy atom. The molecular weight excluding hydrogens is 286 g/mol. The second-order valence-corrected chi connectivity index (χ2v) is 5.94. The average Bonchev–Trinajstić information content (AvgIpc) is 2.82. The second-order valence-electron chi connectivity index (χ2n) is 4.20. The lowest BCUT2D eigenvalue weighted by Gasteiger charge is -2.16. The molecule has 1 aromatic heterocycles. The van der Waals surface area contributed by atoms with Crippen molar-refractivity contribution in [3.63, 3.8) is 0 Å². The van der Waals surface area contributed by atoms with E-state index in [0.29, 0.717) is 33.0 Å². The minimum absolute atomic E-state index is 0.176. The van der Waals surface area contributed by atoms with E-state index in [1.165, 1.54) is 0 Å². The number of hydrogen-bond acceptors (Lipinski definition) is 5. The highest BCUT2D eigenvalue weighted by Crippen LogP contribution is 2.26. The third kappa shape index (κ3) is 7.25. The Morgan fingerprint density at radius 3 is 2.74 bits per heavy atom. The predicted octanol–water partition coefficient (Wildman–Crippen LogP) is 2.47. The van der Waals surface area contributed by atoms with Crippen LogP contribution in [-0.4, -0.2) is 44.2 Å². The summed E-state index contributed by atoms with van der Waals surface area (Å²) in [4.78, 5) is 1.16. The number of rotatable bonds is 10. The number of thiophene rings is 1.